The number of nitrogens with zero attached hydrogens (tertiary/aromatic N) is 2. The lowest BCUT2D eigenvalue weighted by Gasteiger charge is -2.05. The van der Waals surface area contributed by atoms with Gasteiger partial charge in [0.05, 0.1) is 23.9 Å². The summed E-state index contributed by atoms with van der Waals surface area (Å²) in [4.78, 5) is 4.42. The Bertz CT molecular complexity index is 789. The summed E-state index contributed by atoms with van der Waals surface area (Å²) in [5.74, 6) is 3.68. The van der Waals surface area contributed by atoms with Crippen molar-refractivity contribution in [3.8, 4) is 0 Å². The molecule has 1 fully saturated rings. The first-order chi connectivity index (χ1) is 11.3. The maximum atomic E-state index is 5.91. The molecule has 1 aliphatic carbocycles. The van der Waals surface area contributed by atoms with E-state index in [2.05, 4.69) is 52.1 Å². The van der Waals surface area contributed by atoms with Crippen LogP contribution in [0.2, 0.25) is 0 Å². The zero-order chi connectivity index (χ0) is 15.6. The Kier molecular flexibility index (Phi) is 3.92. The van der Waals surface area contributed by atoms with E-state index in [0.717, 1.165) is 43.2 Å². The van der Waals surface area contributed by atoms with E-state index in [9.17, 15) is 0 Å². The molecule has 0 aliphatic heterocycles. The summed E-state index contributed by atoms with van der Waals surface area (Å²) in [6.45, 7) is 5.05. The van der Waals surface area contributed by atoms with Gasteiger partial charge < -0.3 is 14.3 Å². The van der Waals surface area contributed by atoms with E-state index >= 15 is 0 Å². The average molecular weight is 309 g/mol. The second-order valence-corrected chi connectivity index (χ2v) is 6.58. The Hall–Kier alpha value is -2.07. The SMILES string of the molecule is CC1CC1c1ccc(CNCCCn2cnc3ccccc32)o1. The minimum Gasteiger partial charge on any atom is -0.464 e. The van der Waals surface area contributed by atoms with Crippen molar-refractivity contribution < 1.29 is 4.42 Å². The third kappa shape index (κ3) is 3.17. The van der Waals surface area contributed by atoms with Gasteiger partial charge >= 0.3 is 0 Å². The molecule has 2 heterocycles. The van der Waals surface area contributed by atoms with E-state index in [-0.39, 0.29) is 0 Å². The van der Waals surface area contributed by atoms with Gasteiger partial charge in [0, 0.05) is 12.5 Å². The van der Waals surface area contributed by atoms with Crippen molar-refractivity contribution in [3.05, 3.63) is 54.2 Å². The molecular weight excluding hydrogens is 286 g/mol. The second kappa shape index (κ2) is 6.20. The third-order valence-corrected chi connectivity index (χ3v) is 4.74. The van der Waals surface area contributed by atoms with Crippen LogP contribution in [0.4, 0.5) is 0 Å². The molecule has 2 atom stereocenters. The van der Waals surface area contributed by atoms with Gasteiger partial charge in [-0.05, 0) is 49.6 Å². The lowest BCUT2D eigenvalue weighted by atomic mass is 10.3. The smallest absolute Gasteiger partial charge is 0.117 e. The summed E-state index contributed by atoms with van der Waals surface area (Å²) >= 11 is 0. The van der Waals surface area contributed by atoms with Crippen LogP contribution in [0.15, 0.2) is 47.1 Å². The van der Waals surface area contributed by atoms with Gasteiger partial charge in [-0.2, -0.15) is 0 Å². The van der Waals surface area contributed by atoms with Crippen LogP contribution in [0, 0.1) is 5.92 Å². The molecule has 1 saturated carbocycles. The van der Waals surface area contributed by atoms with Crippen molar-refractivity contribution in [2.24, 2.45) is 5.92 Å². The molecule has 120 valence electrons. The van der Waals surface area contributed by atoms with Crippen LogP contribution >= 0.6 is 0 Å². The highest BCUT2D eigenvalue weighted by Crippen LogP contribution is 2.47. The number of imidazole rings is 1. The number of aromatic nitrogens is 2. The van der Waals surface area contributed by atoms with E-state index in [1.807, 2.05) is 12.4 Å². The molecule has 1 aromatic carbocycles. The largest absolute Gasteiger partial charge is 0.464 e. The fraction of sp³-hybridized carbons (Fsp3) is 0.421. The fourth-order valence-electron chi connectivity index (χ4n) is 3.18. The van der Waals surface area contributed by atoms with E-state index < -0.39 is 0 Å². The monoisotopic (exact) mass is 309 g/mol. The van der Waals surface area contributed by atoms with E-state index in [4.69, 9.17) is 4.42 Å². The predicted molar refractivity (Wildman–Crippen MR) is 91.3 cm³/mol. The Labute approximate surface area is 136 Å². The van der Waals surface area contributed by atoms with Crippen molar-refractivity contribution in [1.82, 2.24) is 14.9 Å². The maximum Gasteiger partial charge on any atom is 0.117 e. The van der Waals surface area contributed by atoms with Crippen molar-refractivity contribution in [2.45, 2.75) is 38.8 Å². The Balaban J connectivity index is 1.22. The molecule has 0 spiro atoms. The summed E-state index contributed by atoms with van der Waals surface area (Å²) in [6, 6.07) is 12.5. The summed E-state index contributed by atoms with van der Waals surface area (Å²) in [5.41, 5.74) is 2.28. The molecule has 23 heavy (non-hydrogen) atoms. The molecule has 2 unspecified atom stereocenters. The Morgan fingerprint density at radius 3 is 3.00 bits per heavy atom. The van der Waals surface area contributed by atoms with Crippen molar-refractivity contribution in [2.75, 3.05) is 6.54 Å². The number of hydrogen-bond acceptors (Lipinski definition) is 3. The minimum atomic E-state index is 0.665. The summed E-state index contributed by atoms with van der Waals surface area (Å²) in [6.07, 6.45) is 4.28. The van der Waals surface area contributed by atoms with Gasteiger partial charge in [0.15, 0.2) is 0 Å². The molecule has 0 radical (unpaired) electrons. The lowest BCUT2D eigenvalue weighted by Crippen LogP contribution is -2.16. The predicted octanol–water partition coefficient (Wildman–Crippen LogP) is 3.93. The zero-order valence-corrected chi connectivity index (χ0v) is 13.5. The first-order valence-corrected chi connectivity index (χ1v) is 8.50. The van der Waals surface area contributed by atoms with Gasteiger partial charge in [0.1, 0.15) is 11.5 Å². The molecule has 0 saturated heterocycles. The highest BCUT2D eigenvalue weighted by atomic mass is 16.3. The number of para-hydroxylation sites is 2. The van der Waals surface area contributed by atoms with Crippen LogP contribution < -0.4 is 5.32 Å². The zero-order valence-electron chi connectivity index (χ0n) is 13.5. The Morgan fingerprint density at radius 1 is 1.26 bits per heavy atom. The van der Waals surface area contributed by atoms with Gasteiger partial charge in [0.2, 0.25) is 0 Å². The highest BCUT2D eigenvalue weighted by molar-refractivity contribution is 5.74. The molecule has 4 heteroatoms. The number of hydrogen-bond donors (Lipinski definition) is 1. The molecule has 4 rings (SSSR count). The summed E-state index contributed by atoms with van der Waals surface area (Å²) in [7, 11) is 0. The Morgan fingerprint density at radius 2 is 2.13 bits per heavy atom. The third-order valence-electron chi connectivity index (χ3n) is 4.74. The van der Waals surface area contributed by atoms with Crippen LogP contribution in [-0.4, -0.2) is 16.1 Å². The van der Waals surface area contributed by atoms with Gasteiger partial charge in [-0.3, -0.25) is 0 Å². The fourth-order valence-corrected chi connectivity index (χ4v) is 3.18. The number of furan rings is 1. The molecule has 3 aromatic rings. The topological polar surface area (TPSA) is 43.0 Å². The van der Waals surface area contributed by atoms with Crippen LogP contribution in [0.3, 0.4) is 0 Å². The van der Waals surface area contributed by atoms with Gasteiger partial charge in [-0.25, -0.2) is 4.98 Å². The first-order valence-electron chi connectivity index (χ1n) is 8.50. The van der Waals surface area contributed by atoms with Gasteiger partial charge in [-0.1, -0.05) is 19.1 Å². The van der Waals surface area contributed by atoms with Crippen molar-refractivity contribution in [1.29, 1.82) is 0 Å². The second-order valence-electron chi connectivity index (χ2n) is 6.58. The average Bonchev–Trinajstić information content (AvgIpc) is 3.00. The number of fused-ring (bicyclic) bond motifs is 1. The van der Waals surface area contributed by atoms with Crippen molar-refractivity contribution >= 4 is 11.0 Å². The number of rotatable bonds is 7. The number of aryl methyl sites for hydroxylation is 1. The molecule has 1 N–H and O–H groups in total. The minimum absolute atomic E-state index is 0.665. The normalized spacial score (nSPS) is 20.2. The molecule has 0 amide bonds. The molecule has 0 bridgehead atoms. The van der Waals surface area contributed by atoms with Crippen LogP contribution in [0.25, 0.3) is 11.0 Å². The summed E-state index contributed by atoms with van der Waals surface area (Å²) in [5, 5.41) is 3.47. The molecule has 4 nitrogen and oxygen atoms in total. The lowest BCUT2D eigenvalue weighted by molar-refractivity contribution is 0.441. The number of benzene rings is 1. The van der Waals surface area contributed by atoms with E-state index in [0.29, 0.717) is 5.92 Å². The van der Waals surface area contributed by atoms with E-state index in [1.165, 1.54) is 17.7 Å². The van der Waals surface area contributed by atoms with Crippen LogP contribution in [0.1, 0.15) is 37.2 Å². The number of nitrogens with one attached hydrogen (secondary N) is 1. The molecule has 2 aromatic heterocycles. The van der Waals surface area contributed by atoms with Crippen LogP contribution in [0.5, 0.6) is 0 Å². The first kappa shape index (κ1) is 14.5. The van der Waals surface area contributed by atoms with E-state index in [1.54, 1.807) is 0 Å². The van der Waals surface area contributed by atoms with Crippen molar-refractivity contribution in [3.63, 3.8) is 0 Å². The standard InChI is InChI=1S/C19H23N3O/c1-14-11-16(14)19-8-7-15(23-19)12-20-9-4-10-22-13-21-17-5-2-3-6-18(17)22/h2-3,5-8,13-14,16,20H,4,9-12H2,1H3. The quantitative estimate of drug-likeness (QED) is 0.672. The molecular formula is C19H23N3O. The highest BCUT2D eigenvalue weighted by Gasteiger charge is 2.36. The van der Waals surface area contributed by atoms with Gasteiger partial charge in [0.25, 0.3) is 0 Å². The maximum absolute atomic E-state index is 5.91. The van der Waals surface area contributed by atoms with Crippen LogP contribution in [-0.2, 0) is 13.1 Å². The van der Waals surface area contributed by atoms with Gasteiger partial charge in [-0.15, -0.1) is 0 Å². The summed E-state index contributed by atoms with van der Waals surface area (Å²) < 4.78 is 8.13. The molecule has 1 aliphatic rings.